The van der Waals surface area contributed by atoms with Gasteiger partial charge in [0.25, 0.3) is 0 Å². The molecule has 1 saturated carbocycles. The number of fused-ring (bicyclic) bond motifs is 1. The number of carbonyl (C=O) groups excluding carboxylic acids is 1. The molecule has 2 aliphatic rings. The molecule has 6 nitrogen and oxygen atoms in total. The van der Waals surface area contributed by atoms with Crippen molar-refractivity contribution in [1.29, 1.82) is 0 Å². The number of aromatic nitrogens is 3. The molecule has 1 N–H and O–H groups in total. The molecule has 132 valence electrons. The molecule has 4 heterocycles. The predicted octanol–water partition coefficient (Wildman–Crippen LogP) is 2.32. The number of hydrogen-bond acceptors (Lipinski definition) is 4. The van der Waals surface area contributed by atoms with E-state index in [4.69, 9.17) is 0 Å². The molecule has 0 radical (unpaired) electrons. The van der Waals surface area contributed by atoms with Crippen molar-refractivity contribution in [3.63, 3.8) is 0 Å². The lowest BCUT2D eigenvalue weighted by Gasteiger charge is -2.29. The average Bonchev–Trinajstić information content (AvgIpc) is 3.34. The van der Waals surface area contributed by atoms with Gasteiger partial charge in [0.2, 0.25) is 5.91 Å². The number of pyridine rings is 2. The van der Waals surface area contributed by atoms with Crippen LogP contribution in [0.1, 0.15) is 36.4 Å². The normalized spacial score (nSPS) is 23.1. The number of rotatable bonds is 5. The Hall–Kier alpha value is -2.73. The van der Waals surface area contributed by atoms with Gasteiger partial charge in [-0.05, 0) is 36.6 Å². The molecule has 1 amide bonds. The Bertz CT molecular complexity index is 934. The van der Waals surface area contributed by atoms with Gasteiger partial charge in [0.1, 0.15) is 0 Å². The molecule has 0 aromatic carbocycles. The fourth-order valence-electron chi connectivity index (χ4n) is 4.03. The van der Waals surface area contributed by atoms with Crippen molar-refractivity contribution in [2.24, 2.45) is 0 Å². The predicted molar refractivity (Wildman–Crippen MR) is 97.3 cm³/mol. The minimum Gasteiger partial charge on any atom is -0.331 e. The van der Waals surface area contributed by atoms with Crippen molar-refractivity contribution in [3.8, 4) is 0 Å². The summed E-state index contributed by atoms with van der Waals surface area (Å²) in [5, 5.41) is 8.02. The summed E-state index contributed by atoms with van der Waals surface area (Å²) in [5.41, 5.74) is 3.36. The molecule has 0 unspecified atom stereocenters. The first-order valence-corrected chi connectivity index (χ1v) is 9.17. The molecule has 2 atom stereocenters. The summed E-state index contributed by atoms with van der Waals surface area (Å²) in [7, 11) is 0. The molecule has 0 bridgehead atoms. The van der Waals surface area contributed by atoms with E-state index in [1.54, 1.807) is 6.20 Å². The third kappa shape index (κ3) is 2.66. The van der Waals surface area contributed by atoms with Gasteiger partial charge in [-0.15, -0.1) is 0 Å². The molecule has 5 rings (SSSR count). The molecule has 2 fully saturated rings. The van der Waals surface area contributed by atoms with Crippen LogP contribution < -0.4 is 5.32 Å². The molecule has 0 spiro atoms. The quantitative estimate of drug-likeness (QED) is 0.769. The average molecular weight is 347 g/mol. The number of nitrogens with one attached hydrogen (secondary N) is 1. The molecule has 3 aromatic heterocycles. The van der Waals surface area contributed by atoms with Gasteiger partial charge in [-0.25, -0.2) is 4.52 Å². The lowest BCUT2D eigenvalue weighted by Crippen LogP contribution is -2.37. The summed E-state index contributed by atoms with van der Waals surface area (Å²) >= 11 is 0. The maximum absolute atomic E-state index is 12.7. The van der Waals surface area contributed by atoms with Gasteiger partial charge < -0.3 is 10.2 Å². The first-order valence-electron chi connectivity index (χ1n) is 9.17. The highest BCUT2D eigenvalue weighted by Crippen LogP contribution is 2.41. The van der Waals surface area contributed by atoms with Crippen molar-refractivity contribution in [2.75, 3.05) is 0 Å². The molecular formula is C20H21N5O. The third-order valence-electron chi connectivity index (χ3n) is 5.39. The van der Waals surface area contributed by atoms with Crippen LogP contribution in [0.4, 0.5) is 0 Å². The second kappa shape index (κ2) is 6.21. The number of carbonyl (C=O) groups is 1. The number of nitrogens with zero attached hydrogens (tertiary/aromatic N) is 4. The molecule has 1 saturated heterocycles. The van der Waals surface area contributed by atoms with E-state index in [0.717, 1.165) is 29.5 Å². The number of amides is 1. The van der Waals surface area contributed by atoms with Crippen molar-refractivity contribution in [1.82, 2.24) is 24.8 Å². The monoisotopic (exact) mass is 347 g/mol. The lowest BCUT2D eigenvalue weighted by molar-refractivity contribution is -0.129. The maximum Gasteiger partial charge on any atom is 0.225 e. The molecule has 1 aliphatic heterocycles. The zero-order valence-electron chi connectivity index (χ0n) is 14.5. The van der Waals surface area contributed by atoms with E-state index in [2.05, 4.69) is 32.4 Å². The fraction of sp³-hybridized carbons (Fsp3) is 0.350. The maximum atomic E-state index is 12.7. The largest absolute Gasteiger partial charge is 0.331 e. The summed E-state index contributed by atoms with van der Waals surface area (Å²) in [5.74, 6) is 0.249. The van der Waals surface area contributed by atoms with E-state index in [0.29, 0.717) is 19.0 Å². The second-order valence-corrected chi connectivity index (χ2v) is 7.16. The van der Waals surface area contributed by atoms with Crippen LogP contribution in [0.15, 0.2) is 55.1 Å². The highest BCUT2D eigenvalue weighted by Gasteiger charge is 2.47. The Morgan fingerprint density at radius 1 is 1.15 bits per heavy atom. The second-order valence-electron chi connectivity index (χ2n) is 7.16. The zero-order chi connectivity index (χ0) is 17.5. The first kappa shape index (κ1) is 15.5. The molecule has 26 heavy (non-hydrogen) atoms. The van der Waals surface area contributed by atoms with Crippen LogP contribution in [-0.2, 0) is 11.3 Å². The minimum atomic E-state index is 0.0607. The van der Waals surface area contributed by atoms with Crippen LogP contribution >= 0.6 is 0 Å². The summed E-state index contributed by atoms with van der Waals surface area (Å²) in [6, 6.07) is 10.6. The van der Waals surface area contributed by atoms with Gasteiger partial charge in [-0.1, -0.05) is 12.1 Å². The van der Waals surface area contributed by atoms with E-state index >= 15 is 0 Å². The number of likely N-dealkylation sites (tertiary alicyclic amines) is 1. The van der Waals surface area contributed by atoms with Gasteiger partial charge in [0.15, 0.2) is 0 Å². The SMILES string of the molecule is O=C1C[C@@H](NCc2cnn3ccccc23)[C@H](c2cccnc2)N1C1CC1. The summed E-state index contributed by atoms with van der Waals surface area (Å²) in [6.07, 6.45) is 10.3. The van der Waals surface area contributed by atoms with Crippen LogP contribution in [0.2, 0.25) is 0 Å². The van der Waals surface area contributed by atoms with Crippen molar-refractivity contribution in [3.05, 3.63) is 66.2 Å². The van der Waals surface area contributed by atoms with E-state index < -0.39 is 0 Å². The van der Waals surface area contributed by atoms with Crippen molar-refractivity contribution in [2.45, 2.75) is 43.9 Å². The summed E-state index contributed by atoms with van der Waals surface area (Å²) < 4.78 is 1.88. The molecule has 3 aromatic rings. The van der Waals surface area contributed by atoms with E-state index in [1.807, 2.05) is 41.3 Å². The standard InChI is InChI=1S/C20H21N5O/c26-19-10-17(22-12-15-13-23-24-9-2-1-5-18(15)24)20(25(19)16-6-7-16)14-4-3-8-21-11-14/h1-5,8-9,11,13,16-17,20,22H,6-7,10,12H2/t17-,20+/m1/s1. The Kier molecular flexibility index (Phi) is 3.71. The Morgan fingerprint density at radius 3 is 2.88 bits per heavy atom. The first-order chi connectivity index (χ1) is 12.8. The molecule has 1 aliphatic carbocycles. The van der Waals surface area contributed by atoms with Crippen molar-refractivity contribution < 1.29 is 4.79 Å². The van der Waals surface area contributed by atoms with E-state index in [1.165, 1.54) is 0 Å². The minimum absolute atomic E-state index is 0.0607. The van der Waals surface area contributed by atoms with Gasteiger partial charge >= 0.3 is 0 Å². The highest BCUT2D eigenvalue weighted by atomic mass is 16.2. The van der Waals surface area contributed by atoms with Gasteiger partial charge in [-0.2, -0.15) is 5.10 Å². The molecule has 6 heteroatoms. The Balaban J connectivity index is 1.40. The van der Waals surface area contributed by atoms with Gasteiger partial charge in [0, 0.05) is 49.2 Å². The smallest absolute Gasteiger partial charge is 0.225 e. The zero-order valence-corrected chi connectivity index (χ0v) is 14.5. The van der Waals surface area contributed by atoms with Crippen molar-refractivity contribution >= 4 is 11.4 Å². The van der Waals surface area contributed by atoms with Crippen LogP contribution in [-0.4, -0.2) is 37.5 Å². The van der Waals surface area contributed by atoms with Gasteiger partial charge in [0.05, 0.1) is 17.8 Å². The summed E-state index contributed by atoms with van der Waals surface area (Å²) in [6.45, 7) is 0.695. The molecular weight excluding hydrogens is 326 g/mol. The lowest BCUT2D eigenvalue weighted by atomic mass is 10.0. The Morgan fingerprint density at radius 2 is 2.08 bits per heavy atom. The number of hydrogen-bond donors (Lipinski definition) is 1. The van der Waals surface area contributed by atoms with Crippen LogP contribution in [0.5, 0.6) is 0 Å². The van der Waals surface area contributed by atoms with E-state index in [9.17, 15) is 4.79 Å². The highest BCUT2D eigenvalue weighted by molar-refractivity contribution is 5.81. The fourth-order valence-corrected chi connectivity index (χ4v) is 4.03. The summed E-state index contributed by atoms with van der Waals surface area (Å²) in [4.78, 5) is 19.0. The Labute approximate surface area is 151 Å². The van der Waals surface area contributed by atoms with Crippen LogP contribution in [0, 0.1) is 0 Å². The van der Waals surface area contributed by atoms with Crippen LogP contribution in [0.25, 0.3) is 5.52 Å². The van der Waals surface area contributed by atoms with E-state index in [-0.39, 0.29) is 18.0 Å². The van der Waals surface area contributed by atoms with Gasteiger partial charge in [-0.3, -0.25) is 9.78 Å². The topological polar surface area (TPSA) is 62.5 Å². The van der Waals surface area contributed by atoms with Crippen LogP contribution in [0.3, 0.4) is 0 Å². The third-order valence-corrected chi connectivity index (χ3v) is 5.39.